The van der Waals surface area contributed by atoms with Gasteiger partial charge in [-0.25, -0.2) is 4.98 Å². The summed E-state index contributed by atoms with van der Waals surface area (Å²) in [5, 5.41) is 3.51. The smallest absolute Gasteiger partial charge is 0.110 e. The molecule has 0 bridgehead atoms. The fourth-order valence-electron chi connectivity index (χ4n) is 2.74. The maximum Gasteiger partial charge on any atom is 0.110 e. The zero-order chi connectivity index (χ0) is 14.5. The molecule has 3 heteroatoms. The van der Waals surface area contributed by atoms with E-state index in [9.17, 15) is 0 Å². The molecule has 2 unspecified atom stereocenters. The third-order valence-corrected chi connectivity index (χ3v) is 4.07. The average Bonchev–Trinajstić information content (AvgIpc) is 2.78. The highest BCUT2D eigenvalue weighted by Crippen LogP contribution is 2.20. The van der Waals surface area contributed by atoms with E-state index in [1.54, 1.807) is 0 Å². The summed E-state index contributed by atoms with van der Waals surface area (Å²) in [6.45, 7) is 11.0. The molecule has 2 rings (SSSR count). The maximum absolute atomic E-state index is 4.85. The Kier molecular flexibility index (Phi) is 5.18. The van der Waals surface area contributed by atoms with Crippen LogP contribution >= 0.6 is 0 Å². The SMILES string of the molecule is CCCn1c(CC(C)C(C)NCC)nc2ccccc21. The van der Waals surface area contributed by atoms with Gasteiger partial charge in [0.15, 0.2) is 0 Å². The van der Waals surface area contributed by atoms with Crippen LogP contribution in [0.15, 0.2) is 24.3 Å². The summed E-state index contributed by atoms with van der Waals surface area (Å²) in [7, 11) is 0. The number of nitrogens with zero attached hydrogens (tertiary/aromatic N) is 2. The van der Waals surface area contributed by atoms with E-state index in [0.29, 0.717) is 12.0 Å². The van der Waals surface area contributed by atoms with Crippen molar-refractivity contribution in [3.63, 3.8) is 0 Å². The lowest BCUT2D eigenvalue weighted by molar-refractivity contribution is 0.395. The van der Waals surface area contributed by atoms with Gasteiger partial charge in [0.05, 0.1) is 11.0 Å². The Morgan fingerprint density at radius 1 is 1.20 bits per heavy atom. The number of para-hydroxylation sites is 2. The van der Waals surface area contributed by atoms with E-state index in [0.717, 1.165) is 31.4 Å². The number of nitrogens with one attached hydrogen (secondary N) is 1. The molecule has 2 aromatic rings. The molecule has 0 aliphatic rings. The summed E-state index contributed by atoms with van der Waals surface area (Å²) in [5.41, 5.74) is 2.40. The van der Waals surface area contributed by atoms with Gasteiger partial charge in [0, 0.05) is 19.0 Å². The molecule has 20 heavy (non-hydrogen) atoms. The van der Waals surface area contributed by atoms with Crippen LogP contribution in [0.5, 0.6) is 0 Å². The minimum atomic E-state index is 0.523. The minimum Gasteiger partial charge on any atom is -0.328 e. The monoisotopic (exact) mass is 273 g/mol. The highest BCUT2D eigenvalue weighted by atomic mass is 15.1. The predicted octanol–water partition coefficient (Wildman–Crippen LogP) is 3.62. The number of aryl methyl sites for hydroxylation is 1. The number of imidazole rings is 1. The Morgan fingerprint density at radius 2 is 1.95 bits per heavy atom. The van der Waals surface area contributed by atoms with Crippen molar-refractivity contribution in [2.45, 2.75) is 53.1 Å². The predicted molar refractivity (Wildman–Crippen MR) is 86.0 cm³/mol. The van der Waals surface area contributed by atoms with Crippen LogP contribution in [0.4, 0.5) is 0 Å². The first-order valence-corrected chi connectivity index (χ1v) is 7.84. The lowest BCUT2D eigenvalue weighted by Crippen LogP contribution is -2.33. The number of fused-ring (bicyclic) bond motifs is 1. The van der Waals surface area contributed by atoms with E-state index in [1.807, 2.05) is 0 Å². The van der Waals surface area contributed by atoms with Gasteiger partial charge in [0.1, 0.15) is 5.82 Å². The van der Waals surface area contributed by atoms with Crippen molar-refractivity contribution >= 4 is 11.0 Å². The second-order valence-electron chi connectivity index (χ2n) is 5.70. The molecule has 0 fully saturated rings. The Hall–Kier alpha value is -1.35. The first-order chi connectivity index (χ1) is 9.67. The lowest BCUT2D eigenvalue weighted by atomic mass is 9.99. The fraction of sp³-hybridized carbons (Fsp3) is 0.588. The van der Waals surface area contributed by atoms with Gasteiger partial charge in [0.25, 0.3) is 0 Å². The van der Waals surface area contributed by atoms with Crippen LogP contribution in [0.3, 0.4) is 0 Å². The van der Waals surface area contributed by atoms with Crippen LogP contribution in [0.25, 0.3) is 11.0 Å². The summed E-state index contributed by atoms with van der Waals surface area (Å²) in [6, 6.07) is 8.99. The Bertz CT molecular complexity index is 544. The second kappa shape index (κ2) is 6.89. The molecule has 0 radical (unpaired) electrons. The van der Waals surface area contributed by atoms with Crippen molar-refractivity contribution in [2.24, 2.45) is 5.92 Å². The molecule has 0 saturated carbocycles. The van der Waals surface area contributed by atoms with Gasteiger partial charge in [0.2, 0.25) is 0 Å². The zero-order valence-electron chi connectivity index (χ0n) is 13.2. The van der Waals surface area contributed by atoms with Gasteiger partial charge in [-0.15, -0.1) is 0 Å². The molecular weight excluding hydrogens is 246 g/mol. The standard InChI is InChI=1S/C17H27N3/c1-5-11-20-16-10-8-7-9-15(16)19-17(20)12-13(3)14(4)18-6-2/h7-10,13-14,18H,5-6,11-12H2,1-4H3. The van der Waals surface area contributed by atoms with Crippen LogP contribution in [0.2, 0.25) is 0 Å². The summed E-state index contributed by atoms with van der Waals surface area (Å²) < 4.78 is 2.39. The molecule has 1 N–H and O–H groups in total. The molecule has 0 spiro atoms. The van der Waals surface area contributed by atoms with Crippen LogP contribution in [0, 0.1) is 5.92 Å². The van der Waals surface area contributed by atoms with Crippen molar-refractivity contribution in [3.8, 4) is 0 Å². The number of hydrogen-bond acceptors (Lipinski definition) is 2. The molecule has 1 aromatic heterocycles. The zero-order valence-corrected chi connectivity index (χ0v) is 13.2. The normalized spacial score (nSPS) is 14.6. The maximum atomic E-state index is 4.85. The first-order valence-electron chi connectivity index (χ1n) is 7.84. The molecular formula is C17H27N3. The molecule has 2 atom stereocenters. The van der Waals surface area contributed by atoms with E-state index >= 15 is 0 Å². The second-order valence-corrected chi connectivity index (χ2v) is 5.70. The summed E-state index contributed by atoms with van der Waals surface area (Å²) in [6.07, 6.45) is 2.17. The van der Waals surface area contributed by atoms with Crippen LogP contribution in [0.1, 0.15) is 39.9 Å². The van der Waals surface area contributed by atoms with Crippen LogP contribution < -0.4 is 5.32 Å². The number of aromatic nitrogens is 2. The van der Waals surface area contributed by atoms with Gasteiger partial charge in [-0.05, 0) is 37.9 Å². The van der Waals surface area contributed by atoms with E-state index in [4.69, 9.17) is 4.98 Å². The molecule has 0 aliphatic heterocycles. The minimum absolute atomic E-state index is 0.523. The van der Waals surface area contributed by atoms with Gasteiger partial charge in [-0.3, -0.25) is 0 Å². The van der Waals surface area contributed by atoms with Crippen molar-refractivity contribution in [1.29, 1.82) is 0 Å². The van der Waals surface area contributed by atoms with Crippen LogP contribution in [-0.2, 0) is 13.0 Å². The van der Waals surface area contributed by atoms with Crippen LogP contribution in [-0.4, -0.2) is 22.1 Å². The van der Waals surface area contributed by atoms with E-state index in [-0.39, 0.29) is 0 Å². The van der Waals surface area contributed by atoms with Crippen molar-refractivity contribution in [1.82, 2.24) is 14.9 Å². The Balaban J connectivity index is 2.26. The molecule has 3 nitrogen and oxygen atoms in total. The number of benzene rings is 1. The third kappa shape index (κ3) is 3.21. The summed E-state index contributed by atoms with van der Waals surface area (Å²) in [5.74, 6) is 1.81. The van der Waals surface area contributed by atoms with Gasteiger partial charge in [-0.1, -0.05) is 32.9 Å². The highest BCUT2D eigenvalue weighted by Gasteiger charge is 2.16. The quantitative estimate of drug-likeness (QED) is 0.835. The van der Waals surface area contributed by atoms with Gasteiger partial charge in [-0.2, -0.15) is 0 Å². The average molecular weight is 273 g/mol. The first kappa shape index (κ1) is 15.0. The van der Waals surface area contributed by atoms with E-state index in [1.165, 1.54) is 11.3 Å². The summed E-state index contributed by atoms with van der Waals surface area (Å²) in [4.78, 5) is 4.85. The van der Waals surface area contributed by atoms with Gasteiger partial charge < -0.3 is 9.88 Å². The Labute approximate surface area is 122 Å². The van der Waals surface area contributed by atoms with E-state index in [2.05, 4.69) is 61.8 Å². The number of rotatable bonds is 7. The summed E-state index contributed by atoms with van der Waals surface area (Å²) >= 11 is 0. The lowest BCUT2D eigenvalue weighted by Gasteiger charge is -2.20. The third-order valence-electron chi connectivity index (χ3n) is 4.07. The molecule has 0 amide bonds. The molecule has 1 aromatic carbocycles. The van der Waals surface area contributed by atoms with Crippen molar-refractivity contribution < 1.29 is 0 Å². The topological polar surface area (TPSA) is 29.9 Å². The Morgan fingerprint density at radius 3 is 2.65 bits per heavy atom. The largest absolute Gasteiger partial charge is 0.328 e. The molecule has 1 heterocycles. The highest BCUT2D eigenvalue weighted by molar-refractivity contribution is 5.75. The van der Waals surface area contributed by atoms with Gasteiger partial charge >= 0.3 is 0 Å². The number of hydrogen-bond donors (Lipinski definition) is 1. The molecule has 110 valence electrons. The van der Waals surface area contributed by atoms with Crippen molar-refractivity contribution in [3.05, 3.63) is 30.1 Å². The molecule has 0 aliphatic carbocycles. The van der Waals surface area contributed by atoms with E-state index < -0.39 is 0 Å². The molecule has 0 saturated heterocycles. The van der Waals surface area contributed by atoms with Crippen molar-refractivity contribution in [2.75, 3.05) is 6.54 Å². The fourth-order valence-corrected chi connectivity index (χ4v) is 2.74.